The van der Waals surface area contributed by atoms with Crippen molar-refractivity contribution in [2.75, 3.05) is 30.3 Å². The van der Waals surface area contributed by atoms with Gasteiger partial charge in [-0.05, 0) is 13.0 Å². The summed E-state index contributed by atoms with van der Waals surface area (Å²) in [5.41, 5.74) is 1.01. The fourth-order valence-corrected chi connectivity index (χ4v) is 3.21. The van der Waals surface area contributed by atoms with E-state index in [1.165, 1.54) is 12.2 Å². The van der Waals surface area contributed by atoms with Crippen molar-refractivity contribution in [2.24, 2.45) is 0 Å². The van der Waals surface area contributed by atoms with Crippen LogP contribution in [0.4, 0.5) is 5.82 Å². The van der Waals surface area contributed by atoms with Crippen molar-refractivity contribution in [2.45, 2.75) is 32.1 Å². The Hall–Kier alpha value is -0.810. The largest absolute Gasteiger partial charge is 0.353 e. The highest BCUT2D eigenvalue weighted by molar-refractivity contribution is 8.00. The highest BCUT2D eigenvalue weighted by atomic mass is 32.2. The minimum absolute atomic E-state index is 0.738. The molecule has 0 saturated carbocycles. The molecule has 0 spiro atoms. The number of anilines is 1. The number of aromatic nitrogens is 2. The maximum atomic E-state index is 4.54. The van der Waals surface area contributed by atoms with Gasteiger partial charge in [-0.1, -0.05) is 13.8 Å². The normalized spacial score (nSPS) is 20.1. The smallest absolute Gasteiger partial charge is 0.147 e. The zero-order valence-electron chi connectivity index (χ0n) is 11.2. The summed E-state index contributed by atoms with van der Waals surface area (Å²) in [5, 5.41) is 4.00. The Morgan fingerprint density at radius 2 is 2.28 bits per heavy atom. The molecule has 1 saturated heterocycles. The van der Waals surface area contributed by atoms with Crippen LogP contribution in [0.15, 0.2) is 12.4 Å². The van der Waals surface area contributed by atoms with Crippen molar-refractivity contribution < 1.29 is 0 Å². The van der Waals surface area contributed by atoms with E-state index in [4.69, 9.17) is 0 Å². The molecule has 2 rings (SSSR count). The first-order valence-corrected chi connectivity index (χ1v) is 7.76. The van der Waals surface area contributed by atoms with Crippen LogP contribution in [0.3, 0.4) is 0 Å². The zero-order chi connectivity index (χ0) is 12.8. The van der Waals surface area contributed by atoms with Gasteiger partial charge in [-0.2, -0.15) is 11.8 Å². The van der Waals surface area contributed by atoms with Crippen LogP contribution < -0.4 is 10.2 Å². The Balaban J connectivity index is 1.96. The molecule has 0 bridgehead atoms. The molecule has 0 aliphatic carbocycles. The van der Waals surface area contributed by atoms with E-state index in [1.54, 1.807) is 0 Å². The topological polar surface area (TPSA) is 41.1 Å². The molecule has 0 aromatic carbocycles. The van der Waals surface area contributed by atoms with Gasteiger partial charge in [0.15, 0.2) is 0 Å². The summed E-state index contributed by atoms with van der Waals surface area (Å²) in [5.74, 6) is 2.22. The second-order valence-electron chi connectivity index (χ2n) is 4.49. The Morgan fingerprint density at radius 3 is 2.94 bits per heavy atom. The van der Waals surface area contributed by atoms with E-state index < -0.39 is 0 Å². The summed E-state index contributed by atoms with van der Waals surface area (Å²) in [7, 11) is 0. The number of thioether (sulfide) groups is 1. The average molecular weight is 266 g/mol. The van der Waals surface area contributed by atoms with Gasteiger partial charge in [-0.3, -0.25) is 4.98 Å². The molecule has 100 valence electrons. The van der Waals surface area contributed by atoms with Gasteiger partial charge in [-0.15, -0.1) is 0 Å². The minimum atomic E-state index is 0.738. The predicted octanol–water partition coefficient (Wildman–Crippen LogP) is 1.92. The fraction of sp³-hybridized carbons (Fsp3) is 0.692. The molecule has 1 aliphatic rings. The Morgan fingerprint density at radius 1 is 1.39 bits per heavy atom. The SMILES string of the molecule is CCNCc1cnc(N2CCSC(CC)C2)cn1. The maximum absolute atomic E-state index is 4.54. The molecular formula is C13H22N4S. The van der Waals surface area contributed by atoms with E-state index >= 15 is 0 Å². The van der Waals surface area contributed by atoms with E-state index in [9.17, 15) is 0 Å². The van der Waals surface area contributed by atoms with Crippen LogP contribution in [0.2, 0.25) is 0 Å². The molecule has 1 atom stereocenters. The van der Waals surface area contributed by atoms with Gasteiger partial charge in [0, 0.05) is 30.6 Å². The molecule has 4 nitrogen and oxygen atoms in total. The molecule has 1 unspecified atom stereocenters. The third kappa shape index (κ3) is 3.59. The highest BCUT2D eigenvalue weighted by Gasteiger charge is 2.19. The number of rotatable bonds is 5. The van der Waals surface area contributed by atoms with Crippen LogP contribution in [0, 0.1) is 0 Å². The lowest BCUT2D eigenvalue weighted by Crippen LogP contribution is -2.38. The van der Waals surface area contributed by atoms with E-state index in [1.807, 2.05) is 12.4 Å². The van der Waals surface area contributed by atoms with Gasteiger partial charge in [-0.25, -0.2) is 4.98 Å². The van der Waals surface area contributed by atoms with Crippen LogP contribution >= 0.6 is 11.8 Å². The number of hydrogen-bond donors (Lipinski definition) is 1. The van der Waals surface area contributed by atoms with Crippen molar-refractivity contribution in [1.82, 2.24) is 15.3 Å². The van der Waals surface area contributed by atoms with Crippen molar-refractivity contribution in [3.05, 3.63) is 18.1 Å². The molecule has 1 N–H and O–H groups in total. The average Bonchev–Trinajstić information content (AvgIpc) is 2.46. The first kappa shape index (κ1) is 13.6. The van der Waals surface area contributed by atoms with E-state index in [-0.39, 0.29) is 0 Å². The van der Waals surface area contributed by atoms with E-state index in [2.05, 4.69) is 45.8 Å². The Bertz CT molecular complexity index is 355. The van der Waals surface area contributed by atoms with Gasteiger partial charge in [0.25, 0.3) is 0 Å². The summed E-state index contributed by atoms with van der Waals surface area (Å²) in [6, 6.07) is 0. The van der Waals surface area contributed by atoms with Gasteiger partial charge in [0.05, 0.1) is 18.1 Å². The molecule has 1 fully saturated rings. The highest BCUT2D eigenvalue weighted by Crippen LogP contribution is 2.24. The summed E-state index contributed by atoms with van der Waals surface area (Å²) < 4.78 is 0. The van der Waals surface area contributed by atoms with Gasteiger partial charge >= 0.3 is 0 Å². The first-order chi connectivity index (χ1) is 8.83. The number of hydrogen-bond acceptors (Lipinski definition) is 5. The fourth-order valence-electron chi connectivity index (χ4n) is 2.03. The molecule has 1 aromatic heterocycles. The predicted molar refractivity (Wildman–Crippen MR) is 78.2 cm³/mol. The van der Waals surface area contributed by atoms with Crippen LogP contribution in [0.5, 0.6) is 0 Å². The van der Waals surface area contributed by atoms with Crippen molar-refractivity contribution >= 4 is 17.6 Å². The van der Waals surface area contributed by atoms with Crippen LogP contribution in [-0.2, 0) is 6.54 Å². The molecule has 1 aromatic rings. The van der Waals surface area contributed by atoms with Crippen molar-refractivity contribution in [1.29, 1.82) is 0 Å². The number of nitrogens with one attached hydrogen (secondary N) is 1. The van der Waals surface area contributed by atoms with Gasteiger partial charge < -0.3 is 10.2 Å². The first-order valence-electron chi connectivity index (χ1n) is 6.71. The number of nitrogens with zero attached hydrogens (tertiary/aromatic N) is 3. The molecule has 0 radical (unpaired) electrons. The molecule has 18 heavy (non-hydrogen) atoms. The lowest BCUT2D eigenvalue weighted by molar-refractivity contribution is 0.697. The summed E-state index contributed by atoms with van der Waals surface area (Å²) in [4.78, 5) is 11.4. The molecule has 2 heterocycles. The summed E-state index contributed by atoms with van der Waals surface area (Å²) >= 11 is 2.08. The quantitative estimate of drug-likeness (QED) is 0.882. The monoisotopic (exact) mass is 266 g/mol. The van der Waals surface area contributed by atoms with Crippen molar-refractivity contribution in [3.8, 4) is 0 Å². The third-order valence-corrected chi connectivity index (χ3v) is 4.54. The van der Waals surface area contributed by atoms with E-state index in [0.29, 0.717) is 0 Å². The molecule has 1 aliphatic heterocycles. The summed E-state index contributed by atoms with van der Waals surface area (Å²) in [6.07, 6.45) is 5.03. The molecular weight excluding hydrogens is 244 g/mol. The van der Waals surface area contributed by atoms with Gasteiger partial charge in [0.2, 0.25) is 0 Å². The lowest BCUT2D eigenvalue weighted by atomic mass is 10.3. The summed E-state index contributed by atoms with van der Waals surface area (Å²) in [6.45, 7) is 8.30. The van der Waals surface area contributed by atoms with Crippen LogP contribution in [-0.4, -0.2) is 40.6 Å². The zero-order valence-corrected chi connectivity index (χ0v) is 12.0. The molecule has 5 heteroatoms. The standard InChI is InChI=1S/C13H22N4S/c1-3-12-10-17(5-6-18-12)13-9-15-11(8-16-13)7-14-4-2/h8-9,12,14H,3-7,10H2,1-2H3. The van der Waals surface area contributed by atoms with E-state index in [0.717, 1.165) is 42.9 Å². The second-order valence-corrected chi connectivity index (χ2v) is 5.90. The lowest BCUT2D eigenvalue weighted by Gasteiger charge is -2.32. The minimum Gasteiger partial charge on any atom is -0.353 e. The second kappa shape index (κ2) is 6.95. The Labute approximate surface area is 114 Å². The maximum Gasteiger partial charge on any atom is 0.147 e. The van der Waals surface area contributed by atoms with Crippen LogP contribution in [0.1, 0.15) is 26.0 Å². The van der Waals surface area contributed by atoms with Gasteiger partial charge in [0.1, 0.15) is 5.82 Å². The van der Waals surface area contributed by atoms with Crippen LogP contribution in [0.25, 0.3) is 0 Å². The van der Waals surface area contributed by atoms with Crippen molar-refractivity contribution in [3.63, 3.8) is 0 Å². The molecule has 0 amide bonds. The third-order valence-electron chi connectivity index (χ3n) is 3.17. The Kier molecular flexibility index (Phi) is 5.26.